The first-order valence-corrected chi connectivity index (χ1v) is 6.86. The fourth-order valence-corrected chi connectivity index (χ4v) is 2.39. The van der Waals surface area contributed by atoms with Crippen molar-refractivity contribution in [3.63, 3.8) is 0 Å². The van der Waals surface area contributed by atoms with Crippen molar-refractivity contribution in [1.29, 1.82) is 0 Å². The van der Waals surface area contributed by atoms with E-state index in [1.807, 2.05) is 36.5 Å². The van der Waals surface area contributed by atoms with E-state index in [2.05, 4.69) is 16.0 Å². The van der Waals surface area contributed by atoms with Gasteiger partial charge in [-0.1, -0.05) is 30.4 Å². The van der Waals surface area contributed by atoms with Gasteiger partial charge in [-0.15, -0.1) is 0 Å². The maximum atomic E-state index is 5.76. The average Bonchev–Trinajstić information content (AvgIpc) is 2.69. The highest BCUT2D eigenvalue weighted by molar-refractivity contribution is 7.80. The minimum atomic E-state index is 0.320. The maximum Gasteiger partial charge on any atom is 0.124 e. The van der Waals surface area contributed by atoms with E-state index in [9.17, 15) is 0 Å². The Morgan fingerprint density at radius 2 is 2.10 bits per heavy atom. The molecule has 0 saturated heterocycles. The number of hydrogen-bond acceptors (Lipinski definition) is 4. The molecular formula is C15H15N3OS. The average molecular weight is 285 g/mol. The number of aromatic nitrogens is 1. The van der Waals surface area contributed by atoms with Gasteiger partial charge in [0.15, 0.2) is 0 Å². The van der Waals surface area contributed by atoms with Gasteiger partial charge in [-0.2, -0.15) is 0 Å². The number of ether oxygens (including phenoxy) is 1. The van der Waals surface area contributed by atoms with Crippen LogP contribution in [0.4, 0.5) is 5.69 Å². The molecule has 5 heteroatoms. The van der Waals surface area contributed by atoms with Crippen molar-refractivity contribution in [3.05, 3.63) is 53.9 Å². The van der Waals surface area contributed by atoms with E-state index in [0.717, 1.165) is 24.5 Å². The highest BCUT2D eigenvalue weighted by atomic mass is 32.1. The minimum absolute atomic E-state index is 0.320. The van der Waals surface area contributed by atoms with E-state index in [0.29, 0.717) is 17.3 Å². The van der Waals surface area contributed by atoms with E-state index < -0.39 is 0 Å². The number of fused-ring (bicyclic) bond motifs is 1. The van der Waals surface area contributed by atoms with Crippen LogP contribution in [0.3, 0.4) is 0 Å². The summed E-state index contributed by atoms with van der Waals surface area (Å²) in [5, 5.41) is 0. The molecule has 102 valence electrons. The highest BCUT2D eigenvalue weighted by Crippen LogP contribution is 2.25. The summed E-state index contributed by atoms with van der Waals surface area (Å²) in [4.78, 5) is 6.85. The van der Waals surface area contributed by atoms with Crippen molar-refractivity contribution < 1.29 is 4.74 Å². The smallest absolute Gasteiger partial charge is 0.124 e. The Bertz CT molecular complexity index is 627. The Labute approximate surface area is 123 Å². The normalized spacial score (nSPS) is 14.1. The number of rotatable bonds is 2. The van der Waals surface area contributed by atoms with Gasteiger partial charge in [0.2, 0.25) is 0 Å². The second kappa shape index (κ2) is 5.46. The molecule has 0 amide bonds. The number of hydrogen-bond donors (Lipinski definition) is 1. The molecule has 1 aromatic carbocycles. The molecule has 0 unspecified atom stereocenters. The molecule has 0 aliphatic carbocycles. The van der Waals surface area contributed by atoms with Gasteiger partial charge >= 0.3 is 0 Å². The highest BCUT2D eigenvalue weighted by Gasteiger charge is 2.15. The van der Waals surface area contributed by atoms with Gasteiger partial charge in [0, 0.05) is 12.1 Å². The van der Waals surface area contributed by atoms with Crippen molar-refractivity contribution in [1.82, 2.24) is 4.98 Å². The third-order valence-corrected chi connectivity index (χ3v) is 3.53. The van der Waals surface area contributed by atoms with Crippen LogP contribution in [0.25, 0.3) is 0 Å². The van der Waals surface area contributed by atoms with E-state index >= 15 is 0 Å². The Morgan fingerprint density at radius 3 is 2.85 bits per heavy atom. The fourth-order valence-electron chi connectivity index (χ4n) is 2.26. The summed E-state index contributed by atoms with van der Waals surface area (Å²) in [6.07, 6.45) is 1.81. The molecule has 1 aliphatic heterocycles. The van der Waals surface area contributed by atoms with Gasteiger partial charge in [-0.25, -0.2) is 0 Å². The Hall–Kier alpha value is -2.14. The van der Waals surface area contributed by atoms with E-state index in [1.165, 1.54) is 5.56 Å². The SMILES string of the molecule is NC(=S)c1ccc(N2CCOc3ccccc3C2)cn1. The predicted octanol–water partition coefficient (Wildman–Crippen LogP) is 2.11. The molecule has 2 heterocycles. The minimum Gasteiger partial charge on any atom is -0.491 e. The quantitative estimate of drug-likeness (QED) is 0.857. The molecule has 3 rings (SSSR count). The van der Waals surface area contributed by atoms with Crippen LogP contribution in [0.1, 0.15) is 11.3 Å². The lowest BCUT2D eigenvalue weighted by atomic mass is 10.2. The molecule has 0 spiro atoms. The molecule has 20 heavy (non-hydrogen) atoms. The van der Waals surface area contributed by atoms with Crippen LogP contribution in [0.2, 0.25) is 0 Å². The molecule has 1 aliphatic rings. The summed E-state index contributed by atoms with van der Waals surface area (Å²) >= 11 is 4.92. The largest absolute Gasteiger partial charge is 0.491 e. The molecule has 0 radical (unpaired) electrons. The van der Waals surface area contributed by atoms with Gasteiger partial charge in [-0.05, 0) is 18.2 Å². The molecule has 4 nitrogen and oxygen atoms in total. The van der Waals surface area contributed by atoms with Gasteiger partial charge in [0.05, 0.1) is 24.1 Å². The summed E-state index contributed by atoms with van der Waals surface area (Å²) in [6, 6.07) is 12.0. The maximum absolute atomic E-state index is 5.76. The van der Waals surface area contributed by atoms with Crippen LogP contribution in [-0.4, -0.2) is 23.1 Å². The Morgan fingerprint density at radius 1 is 1.25 bits per heavy atom. The van der Waals surface area contributed by atoms with Gasteiger partial charge in [0.25, 0.3) is 0 Å². The van der Waals surface area contributed by atoms with Crippen LogP contribution in [0.5, 0.6) is 5.75 Å². The summed E-state index contributed by atoms with van der Waals surface area (Å²) in [6.45, 7) is 2.29. The Kier molecular flexibility index (Phi) is 3.52. The summed E-state index contributed by atoms with van der Waals surface area (Å²) in [7, 11) is 0. The summed E-state index contributed by atoms with van der Waals surface area (Å²) in [5.41, 5.74) is 8.44. The fraction of sp³-hybridized carbons (Fsp3) is 0.200. The molecule has 0 bridgehead atoms. The van der Waals surface area contributed by atoms with Gasteiger partial charge in [0.1, 0.15) is 17.3 Å². The number of para-hydroxylation sites is 1. The lowest BCUT2D eigenvalue weighted by Gasteiger charge is -2.21. The molecule has 1 aromatic heterocycles. The third kappa shape index (κ3) is 2.58. The zero-order chi connectivity index (χ0) is 13.9. The Balaban J connectivity index is 1.85. The number of benzene rings is 1. The van der Waals surface area contributed by atoms with Gasteiger partial charge in [-0.3, -0.25) is 4.98 Å². The molecule has 0 saturated carbocycles. The lowest BCUT2D eigenvalue weighted by molar-refractivity contribution is 0.331. The monoisotopic (exact) mass is 285 g/mol. The third-order valence-electron chi connectivity index (χ3n) is 3.32. The van der Waals surface area contributed by atoms with Crippen LogP contribution in [0, 0.1) is 0 Å². The molecule has 0 atom stereocenters. The zero-order valence-electron chi connectivity index (χ0n) is 11.0. The van der Waals surface area contributed by atoms with E-state index in [1.54, 1.807) is 0 Å². The molecule has 0 fully saturated rings. The number of anilines is 1. The van der Waals surface area contributed by atoms with Crippen molar-refractivity contribution >= 4 is 22.9 Å². The van der Waals surface area contributed by atoms with Crippen LogP contribution >= 0.6 is 12.2 Å². The second-order valence-electron chi connectivity index (χ2n) is 4.64. The van der Waals surface area contributed by atoms with Crippen LogP contribution in [0.15, 0.2) is 42.6 Å². The van der Waals surface area contributed by atoms with Crippen molar-refractivity contribution in [2.75, 3.05) is 18.1 Å². The number of pyridine rings is 1. The zero-order valence-corrected chi connectivity index (χ0v) is 11.8. The molecule has 2 N–H and O–H groups in total. The summed E-state index contributed by atoms with van der Waals surface area (Å²) < 4.78 is 5.76. The number of thiocarbonyl (C=S) groups is 1. The lowest BCUT2D eigenvalue weighted by Crippen LogP contribution is -2.25. The first-order chi connectivity index (χ1) is 9.74. The van der Waals surface area contributed by atoms with E-state index in [4.69, 9.17) is 22.7 Å². The predicted molar refractivity (Wildman–Crippen MR) is 83.1 cm³/mol. The van der Waals surface area contributed by atoms with Crippen LogP contribution < -0.4 is 15.4 Å². The standard InChI is InChI=1S/C15H15N3OS/c16-15(20)13-6-5-12(9-17-13)18-7-8-19-14-4-2-1-3-11(14)10-18/h1-6,9H,7-8,10H2,(H2,16,20). The van der Waals surface area contributed by atoms with Gasteiger partial charge < -0.3 is 15.4 Å². The second-order valence-corrected chi connectivity index (χ2v) is 5.08. The van der Waals surface area contributed by atoms with E-state index in [-0.39, 0.29) is 0 Å². The van der Waals surface area contributed by atoms with Crippen molar-refractivity contribution in [2.45, 2.75) is 6.54 Å². The topological polar surface area (TPSA) is 51.4 Å². The summed E-state index contributed by atoms with van der Waals surface area (Å²) in [5.74, 6) is 0.961. The molecular weight excluding hydrogens is 270 g/mol. The first kappa shape index (κ1) is 12.9. The van der Waals surface area contributed by atoms with Crippen molar-refractivity contribution in [3.8, 4) is 5.75 Å². The van der Waals surface area contributed by atoms with Crippen LogP contribution in [-0.2, 0) is 6.54 Å². The number of nitrogens with two attached hydrogens (primary N) is 1. The number of nitrogens with zero attached hydrogens (tertiary/aromatic N) is 2. The molecule has 2 aromatic rings. The first-order valence-electron chi connectivity index (χ1n) is 6.45. The van der Waals surface area contributed by atoms with Crippen molar-refractivity contribution in [2.24, 2.45) is 5.73 Å².